The van der Waals surface area contributed by atoms with Gasteiger partial charge in [0.05, 0.1) is 10.4 Å². The summed E-state index contributed by atoms with van der Waals surface area (Å²) in [6, 6.07) is 3.63. The van der Waals surface area contributed by atoms with Crippen LogP contribution in [0.25, 0.3) is 0 Å². The van der Waals surface area contributed by atoms with Crippen LogP contribution in [0, 0.1) is 6.92 Å². The van der Waals surface area contributed by atoms with Crippen molar-refractivity contribution in [2.75, 3.05) is 12.3 Å². The molecule has 2 rings (SSSR count). The summed E-state index contributed by atoms with van der Waals surface area (Å²) in [5.74, 6) is 0.462. The van der Waals surface area contributed by atoms with Crippen LogP contribution in [0.3, 0.4) is 0 Å². The molecule has 0 aromatic carbocycles. The van der Waals surface area contributed by atoms with E-state index in [1.165, 1.54) is 4.88 Å². The molecule has 7 heteroatoms. The van der Waals surface area contributed by atoms with E-state index in [-0.39, 0.29) is 19.0 Å². The van der Waals surface area contributed by atoms with E-state index >= 15 is 0 Å². The molecule has 4 nitrogen and oxygen atoms in total. The molecule has 2 heterocycles. The van der Waals surface area contributed by atoms with Gasteiger partial charge in [0.25, 0.3) is 0 Å². The van der Waals surface area contributed by atoms with Crippen LogP contribution in [0.4, 0.5) is 5.82 Å². The Morgan fingerprint density at radius 1 is 1.47 bits per heavy atom. The van der Waals surface area contributed by atoms with Gasteiger partial charge in [-0.15, -0.1) is 0 Å². The van der Waals surface area contributed by atoms with Crippen molar-refractivity contribution < 1.29 is 22.1 Å². The summed E-state index contributed by atoms with van der Waals surface area (Å²) in [7, 11) is 0. The summed E-state index contributed by atoms with van der Waals surface area (Å²) in [6.45, 7) is 2.89. The van der Waals surface area contributed by atoms with Crippen molar-refractivity contribution in [3.05, 3.63) is 38.9 Å². The molecule has 0 radical (unpaired) electrons. The number of rotatable bonds is 4. The highest BCUT2D eigenvalue weighted by atomic mass is 35.5. The number of aliphatic hydroxyl groups excluding tert-OH is 1. The summed E-state index contributed by atoms with van der Waals surface area (Å²) < 4.78 is 2.11. The number of thiazole rings is 1. The lowest BCUT2D eigenvalue weighted by Crippen LogP contribution is -3.00. The number of nitrogens with two attached hydrogens (primary N) is 1. The highest BCUT2D eigenvalue weighted by Gasteiger charge is 2.16. The van der Waals surface area contributed by atoms with E-state index in [0.29, 0.717) is 23.9 Å². The van der Waals surface area contributed by atoms with Crippen molar-refractivity contribution in [2.45, 2.75) is 19.9 Å². The second-order valence-electron chi connectivity index (χ2n) is 4.01. The Morgan fingerprint density at radius 2 is 2.21 bits per heavy atom. The summed E-state index contributed by atoms with van der Waals surface area (Å²) in [5.41, 5.74) is 9.98. The maximum Gasteiger partial charge on any atom is 0.225 e. The first kappa shape index (κ1) is 16.2. The van der Waals surface area contributed by atoms with E-state index in [0.717, 1.165) is 11.3 Å². The van der Waals surface area contributed by atoms with Crippen LogP contribution in [0.5, 0.6) is 0 Å². The van der Waals surface area contributed by atoms with E-state index in [1.54, 1.807) is 17.4 Å². The molecule has 0 fully saturated rings. The number of halogens is 2. The van der Waals surface area contributed by atoms with Crippen molar-refractivity contribution in [3.8, 4) is 0 Å². The Morgan fingerprint density at radius 3 is 2.84 bits per heavy atom. The van der Waals surface area contributed by atoms with Crippen LogP contribution in [0.15, 0.2) is 17.6 Å². The van der Waals surface area contributed by atoms with Crippen LogP contribution in [-0.2, 0) is 13.0 Å². The first-order valence-electron chi connectivity index (χ1n) is 5.60. The second kappa shape index (κ2) is 7.05. The molecule has 0 aliphatic heterocycles. The Balaban J connectivity index is 0.00000180. The van der Waals surface area contributed by atoms with E-state index in [9.17, 15) is 0 Å². The molecular formula is C12H15Cl2N3OS. The number of nitrogens with zero attached hydrogens (tertiary/aromatic N) is 2. The molecule has 0 saturated carbocycles. The van der Waals surface area contributed by atoms with Crippen LogP contribution in [0.1, 0.15) is 16.1 Å². The highest BCUT2D eigenvalue weighted by molar-refractivity contribution is 7.09. The quantitative estimate of drug-likeness (QED) is 0.536. The maximum atomic E-state index is 8.97. The molecule has 0 aliphatic carbocycles. The van der Waals surface area contributed by atoms with Crippen LogP contribution in [0.2, 0.25) is 5.15 Å². The molecule has 2 aromatic rings. The molecule has 19 heavy (non-hydrogen) atoms. The van der Waals surface area contributed by atoms with Gasteiger partial charge in [0.2, 0.25) is 5.51 Å². The van der Waals surface area contributed by atoms with E-state index < -0.39 is 0 Å². The smallest absolute Gasteiger partial charge is 0.225 e. The third-order valence-corrected chi connectivity index (χ3v) is 4.17. The monoisotopic (exact) mass is 319 g/mol. The summed E-state index contributed by atoms with van der Waals surface area (Å²) in [4.78, 5) is 5.23. The number of aromatic nitrogens is 2. The zero-order valence-electron chi connectivity index (χ0n) is 10.4. The van der Waals surface area contributed by atoms with E-state index in [2.05, 4.69) is 9.55 Å². The summed E-state index contributed by atoms with van der Waals surface area (Å²) >= 11 is 7.42. The first-order valence-corrected chi connectivity index (χ1v) is 6.85. The van der Waals surface area contributed by atoms with Gasteiger partial charge in [0, 0.05) is 20.0 Å². The number of anilines is 1. The predicted octanol–water partition coefficient (Wildman–Crippen LogP) is -1.44. The fourth-order valence-corrected chi connectivity index (χ4v) is 2.88. The second-order valence-corrected chi connectivity index (χ2v) is 5.34. The minimum Gasteiger partial charge on any atom is -1.00 e. The molecule has 2 aromatic heterocycles. The van der Waals surface area contributed by atoms with Crippen LogP contribution < -0.4 is 22.7 Å². The SMILES string of the molecule is Cc1c(CCO)sc[n+]1Cc1ccc(Cl)nc1N.[Cl-]. The average molecular weight is 320 g/mol. The molecule has 0 atom stereocenters. The minimum atomic E-state index is 0. The number of hydrogen-bond donors (Lipinski definition) is 2. The lowest BCUT2D eigenvalue weighted by molar-refractivity contribution is -0.689. The third kappa shape index (κ3) is 3.79. The first-order chi connectivity index (χ1) is 8.61. The molecule has 0 amide bonds. The largest absolute Gasteiger partial charge is 1.00 e. The van der Waals surface area contributed by atoms with Gasteiger partial charge in [-0.25, -0.2) is 4.98 Å². The normalized spacial score (nSPS) is 10.3. The molecule has 104 valence electrons. The van der Waals surface area contributed by atoms with Gasteiger partial charge < -0.3 is 23.2 Å². The number of hydrogen-bond acceptors (Lipinski definition) is 4. The lowest BCUT2D eigenvalue weighted by Gasteiger charge is -2.01. The van der Waals surface area contributed by atoms with Crippen molar-refractivity contribution in [2.24, 2.45) is 0 Å². The molecule has 0 spiro atoms. The summed E-state index contributed by atoms with van der Waals surface area (Å²) in [6.07, 6.45) is 0.692. The average Bonchev–Trinajstić information content (AvgIpc) is 2.66. The highest BCUT2D eigenvalue weighted by Crippen LogP contribution is 2.16. The Bertz CT molecular complexity index is 560. The van der Waals surface area contributed by atoms with Crippen molar-refractivity contribution >= 4 is 28.8 Å². The minimum absolute atomic E-state index is 0. The number of pyridine rings is 1. The van der Waals surface area contributed by atoms with Gasteiger partial charge in [-0.3, -0.25) is 0 Å². The van der Waals surface area contributed by atoms with Gasteiger partial charge in [-0.05, 0) is 12.1 Å². The fourth-order valence-electron chi connectivity index (χ4n) is 1.75. The molecule has 0 aliphatic rings. The van der Waals surface area contributed by atoms with Gasteiger partial charge >= 0.3 is 0 Å². The van der Waals surface area contributed by atoms with Crippen molar-refractivity contribution in [1.82, 2.24) is 4.98 Å². The van der Waals surface area contributed by atoms with Crippen LogP contribution >= 0.6 is 22.9 Å². The lowest BCUT2D eigenvalue weighted by atomic mass is 10.2. The van der Waals surface area contributed by atoms with Gasteiger partial charge in [-0.1, -0.05) is 22.9 Å². The Kier molecular flexibility index (Phi) is 6.00. The zero-order chi connectivity index (χ0) is 13.1. The van der Waals surface area contributed by atoms with Crippen molar-refractivity contribution in [1.29, 1.82) is 0 Å². The van der Waals surface area contributed by atoms with Gasteiger partial charge in [0.15, 0.2) is 12.2 Å². The van der Waals surface area contributed by atoms with Crippen molar-refractivity contribution in [3.63, 3.8) is 0 Å². The van der Waals surface area contributed by atoms with Gasteiger partial charge in [-0.2, -0.15) is 4.57 Å². The molecule has 0 unspecified atom stereocenters. The van der Waals surface area contributed by atoms with Crippen LogP contribution in [-0.4, -0.2) is 16.7 Å². The molecule has 3 N–H and O–H groups in total. The summed E-state index contributed by atoms with van der Waals surface area (Å²) in [5, 5.41) is 9.38. The molecule has 0 saturated heterocycles. The molecular weight excluding hydrogens is 305 g/mol. The number of nitrogen functional groups attached to an aromatic ring is 1. The number of aliphatic hydroxyl groups is 1. The Labute approximate surface area is 127 Å². The van der Waals surface area contributed by atoms with Gasteiger partial charge in [0.1, 0.15) is 11.0 Å². The van der Waals surface area contributed by atoms with E-state index in [4.69, 9.17) is 22.4 Å². The Hall–Kier alpha value is -0.880. The van der Waals surface area contributed by atoms with E-state index in [1.807, 2.05) is 18.5 Å². The maximum absolute atomic E-state index is 8.97. The zero-order valence-corrected chi connectivity index (χ0v) is 12.8. The predicted molar refractivity (Wildman–Crippen MR) is 72.8 cm³/mol. The topological polar surface area (TPSA) is 63.0 Å². The fraction of sp³-hybridized carbons (Fsp3) is 0.333. The standard InChI is InChI=1S/C12H15ClN3OS.ClH/c1-8-10(4-5-17)18-7-16(8)6-9-2-3-11(13)15-12(9)14;/h2-3,7,17H,4-6H2,1H3,(H2,14,15);1H/q+1;/p-1. The third-order valence-electron chi connectivity index (χ3n) is 2.81. The molecule has 0 bridgehead atoms.